The molecule has 4 heteroatoms. The molecule has 0 radical (unpaired) electrons. The van der Waals surface area contributed by atoms with E-state index in [1.54, 1.807) is 0 Å². The summed E-state index contributed by atoms with van der Waals surface area (Å²) in [6, 6.07) is 20.3. The molecule has 0 amide bonds. The fourth-order valence-corrected chi connectivity index (χ4v) is 5.78. The minimum Gasteiger partial charge on any atom is -0.342 e. The third-order valence-corrected chi connectivity index (χ3v) is 7.76. The maximum atomic E-state index is 4.90. The monoisotopic (exact) mass is 449 g/mol. The quantitative estimate of drug-likeness (QED) is 0.293. The van der Waals surface area contributed by atoms with Crippen LogP contribution < -0.4 is 0 Å². The van der Waals surface area contributed by atoms with Gasteiger partial charge in [-0.1, -0.05) is 64.1 Å². The number of benzene rings is 3. The Hall–Kier alpha value is -3.24. The molecule has 0 saturated heterocycles. The molecule has 33 heavy (non-hydrogen) atoms. The molecule has 0 atom stereocenters. The van der Waals surface area contributed by atoms with E-state index < -0.39 is 0 Å². The zero-order chi connectivity index (χ0) is 22.7. The largest absolute Gasteiger partial charge is 0.342 e. The summed E-state index contributed by atoms with van der Waals surface area (Å²) in [5, 5.41) is 2.70. The first-order valence-corrected chi connectivity index (χ1v) is 12.5. The molecule has 0 fully saturated rings. The second kappa shape index (κ2) is 7.67. The van der Waals surface area contributed by atoms with Gasteiger partial charge in [0, 0.05) is 38.2 Å². The molecule has 0 saturated carbocycles. The topological polar surface area (TPSA) is 41.0 Å². The zero-order valence-electron chi connectivity index (χ0n) is 19.4. The summed E-state index contributed by atoms with van der Waals surface area (Å²) in [5.41, 5.74) is 8.54. The zero-order valence-corrected chi connectivity index (χ0v) is 20.3. The van der Waals surface area contributed by atoms with Crippen molar-refractivity contribution in [3.05, 3.63) is 72.2 Å². The normalized spacial score (nSPS) is 13.5. The number of nitrogens with zero attached hydrogens (tertiary/aromatic N) is 2. The van der Waals surface area contributed by atoms with Gasteiger partial charge in [0.15, 0.2) is 0 Å². The highest BCUT2D eigenvalue weighted by Gasteiger charge is 2.19. The molecule has 6 rings (SSSR count). The highest BCUT2D eigenvalue weighted by Crippen LogP contribution is 2.41. The summed E-state index contributed by atoms with van der Waals surface area (Å²) >= 11 is 1.87. The van der Waals surface area contributed by atoms with Crippen LogP contribution in [0.1, 0.15) is 45.0 Å². The molecule has 1 aliphatic rings. The molecule has 3 aromatic carbocycles. The van der Waals surface area contributed by atoms with Crippen LogP contribution in [-0.4, -0.2) is 15.7 Å². The van der Waals surface area contributed by atoms with Crippen LogP contribution in [0, 0.1) is 5.92 Å². The Labute approximate surface area is 198 Å². The van der Waals surface area contributed by atoms with Crippen molar-refractivity contribution in [1.82, 2.24) is 9.97 Å². The molecule has 164 valence electrons. The highest BCUT2D eigenvalue weighted by atomic mass is 32.1. The number of nitrogens with one attached hydrogen (secondary N) is 1. The van der Waals surface area contributed by atoms with Crippen molar-refractivity contribution >= 4 is 42.9 Å². The lowest BCUT2D eigenvalue weighted by atomic mass is 9.99. The predicted octanol–water partition coefficient (Wildman–Crippen LogP) is 8.52. The standard InChI is InChI=1S/C29H27N3S/c1-16(2)24-12-21-11-23-22-10-9-20(13-27(22)33-28(23)14-25(21)31-24)18-5-7-19(8-6-18)26-15-30-29(32-26)17(3)4/h5-11,13-17H,12H2,1-4H3,(H,30,32). The van der Waals surface area contributed by atoms with E-state index in [4.69, 9.17) is 4.99 Å². The average molecular weight is 450 g/mol. The van der Waals surface area contributed by atoms with Crippen LogP contribution in [0.2, 0.25) is 0 Å². The lowest BCUT2D eigenvalue weighted by molar-refractivity contribution is 0.795. The summed E-state index contributed by atoms with van der Waals surface area (Å²) < 4.78 is 2.66. The van der Waals surface area contributed by atoms with E-state index in [1.807, 2.05) is 17.5 Å². The van der Waals surface area contributed by atoms with Crippen LogP contribution in [-0.2, 0) is 6.42 Å². The molecule has 0 unspecified atom stereocenters. The number of thiophene rings is 1. The van der Waals surface area contributed by atoms with Gasteiger partial charge in [0.05, 0.1) is 17.6 Å². The number of rotatable bonds is 4. The van der Waals surface area contributed by atoms with Crippen molar-refractivity contribution in [3.63, 3.8) is 0 Å². The summed E-state index contributed by atoms with van der Waals surface area (Å²) in [4.78, 5) is 12.8. The molecule has 0 spiro atoms. The predicted molar refractivity (Wildman–Crippen MR) is 142 cm³/mol. The van der Waals surface area contributed by atoms with Gasteiger partial charge in [-0.2, -0.15) is 0 Å². The third-order valence-electron chi connectivity index (χ3n) is 6.65. The van der Waals surface area contributed by atoms with E-state index in [0.717, 1.165) is 29.2 Å². The maximum Gasteiger partial charge on any atom is 0.109 e. The van der Waals surface area contributed by atoms with Gasteiger partial charge in [-0.3, -0.25) is 4.99 Å². The number of aromatic amines is 1. The Bertz CT molecular complexity index is 1530. The van der Waals surface area contributed by atoms with E-state index in [-0.39, 0.29) is 0 Å². The summed E-state index contributed by atoms with van der Waals surface area (Å²) in [6.45, 7) is 8.77. The van der Waals surface area contributed by atoms with Crippen molar-refractivity contribution in [2.45, 2.75) is 40.0 Å². The van der Waals surface area contributed by atoms with Crippen LogP contribution in [0.25, 0.3) is 42.6 Å². The van der Waals surface area contributed by atoms with E-state index in [1.165, 1.54) is 42.6 Å². The van der Waals surface area contributed by atoms with Crippen LogP contribution in [0.3, 0.4) is 0 Å². The van der Waals surface area contributed by atoms with Gasteiger partial charge in [0.25, 0.3) is 0 Å². The van der Waals surface area contributed by atoms with Crippen LogP contribution in [0.5, 0.6) is 0 Å². The Kier molecular flexibility index (Phi) is 4.73. The summed E-state index contributed by atoms with van der Waals surface area (Å²) in [7, 11) is 0. The first kappa shape index (κ1) is 20.4. The summed E-state index contributed by atoms with van der Waals surface area (Å²) in [6.07, 6.45) is 2.92. The lowest BCUT2D eigenvalue weighted by Crippen LogP contribution is -2.06. The minimum atomic E-state index is 0.399. The molecule has 3 nitrogen and oxygen atoms in total. The average Bonchev–Trinajstić information content (AvgIpc) is 3.53. The van der Waals surface area contributed by atoms with Crippen molar-refractivity contribution in [3.8, 4) is 22.4 Å². The maximum absolute atomic E-state index is 4.90. The number of hydrogen-bond donors (Lipinski definition) is 1. The molecule has 3 heterocycles. The van der Waals surface area contributed by atoms with Crippen LogP contribution in [0.4, 0.5) is 5.69 Å². The number of fused-ring (bicyclic) bond motifs is 4. The van der Waals surface area contributed by atoms with Gasteiger partial charge in [-0.05, 0) is 46.4 Å². The summed E-state index contributed by atoms with van der Waals surface area (Å²) in [5.74, 6) is 1.93. The number of aromatic nitrogens is 2. The first-order valence-electron chi connectivity index (χ1n) is 11.7. The van der Waals surface area contributed by atoms with Gasteiger partial charge in [-0.15, -0.1) is 11.3 Å². The molecule has 5 aromatic rings. The smallest absolute Gasteiger partial charge is 0.109 e. The molecule has 1 N–H and O–H groups in total. The molecule has 2 aromatic heterocycles. The van der Waals surface area contributed by atoms with E-state index >= 15 is 0 Å². The van der Waals surface area contributed by atoms with Crippen molar-refractivity contribution in [2.75, 3.05) is 0 Å². The number of imidazole rings is 1. The number of hydrogen-bond acceptors (Lipinski definition) is 3. The SMILES string of the molecule is CC(C)C1=Nc2cc3sc4cc(-c5ccc(-c6cnc(C(C)C)[nH]6)cc5)ccc4c3cc2C1. The van der Waals surface area contributed by atoms with Gasteiger partial charge in [0.2, 0.25) is 0 Å². The van der Waals surface area contributed by atoms with Crippen LogP contribution >= 0.6 is 11.3 Å². The van der Waals surface area contributed by atoms with Gasteiger partial charge in [0.1, 0.15) is 5.82 Å². The van der Waals surface area contributed by atoms with Crippen molar-refractivity contribution in [2.24, 2.45) is 10.9 Å². The van der Waals surface area contributed by atoms with Gasteiger partial charge in [-0.25, -0.2) is 4.98 Å². The fourth-order valence-electron chi connectivity index (χ4n) is 4.62. The van der Waals surface area contributed by atoms with Gasteiger partial charge >= 0.3 is 0 Å². The number of H-pyrrole nitrogens is 1. The van der Waals surface area contributed by atoms with Crippen molar-refractivity contribution < 1.29 is 0 Å². The number of aliphatic imine (C=N–C) groups is 1. The second-order valence-electron chi connectivity index (χ2n) is 9.64. The van der Waals surface area contributed by atoms with Crippen LogP contribution in [0.15, 0.2) is 65.8 Å². The lowest BCUT2D eigenvalue weighted by Gasteiger charge is -2.05. The molecule has 1 aliphatic heterocycles. The Morgan fingerprint density at radius 2 is 1.52 bits per heavy atom. The van der Waals surface area contributed by atoms with E-state index in [9.17, 15) is 0 Å². The van der Waals surface area contributed by atoms with E-state index in [0.29, 0.717) is 11.8 Å². The highest BCUT2D eigenvalue weighted by molar-refractivity contribution is 7.25. The second-order valence-corrected chi connectivity index (χ2v) is 10.7. The fraction of sp³-hybridized carbons (Fsp3) is 0.241. The molecular formula is C29H27N3S. The Morgan fingerprint density at radius 1 is 0.788 bits per heavy atom. The third kappa shape index (κ3) is 3.50. The van der Waals surface area contributed by atoms with Crippen molar-refractivity contribution in [1.29, 1.82) is 0 Å². The van der Waals surface area contributed by atoms with E-state index in [2.05, 4.69) is 92.3 Å². The molecule has 0 aliphatic carbocycles. The Morgan fingerprint density at radius 3 is 2.24 bits per heavy atom. The van der Waals surface area contributed by atoms with Gasteiger partial charge < -0.3 is 4.98 Å². The Balaban J connectivity index is 1.34. The molecule has 0 bridgehead atoms. The first-order chi connectivity index (χ1) is 16.0. The molecular weight excluding hydrogens is 422 g/mol. The minimum absolute atomic E-state index is 0.399.